The number of hydrogen-bond donors (Lipinski definition) is 2. The fourth-order valence-corrected chi connectivity index (χ4v) is 3.74. The molecule has 0 aromatic rings. The second-order valence-corrected chi connectivity index (χ2v) is 6.98. The fraction of sp³-hybridized carbons (Fsp3) is 1.00. The zero-order valence-electron chi connectivity index (χ0n) is 12.4. The van der Waals surface area contributed by atoms with Gasteiger partial charge in [-0.3, -0.25) is 0 Å². The molecule has 0 aromatic heterocycles. The summed E-state index contributed by atoms with van der Waals surface area (Å²) in [6.07, 6.45) is 3.01. The van der Waals surface area contributed by atoms with Gasteiger partial charge in [0.2, 0.25) is 0 Å². The SMILES string of the molecule is CCNCC1CCCCN1S(=O)(=O)NCCN(C)C. The summed E-state index contributed by atoms with van der Waals surface area (Å²) in [5.41, 5.74) is 0. The Kier molecular flexibility index (Phi) is 7.23. The molecule has 1 saturated heterocycles. The molecule has 0 aromatic carbocycles. The molecular weight excluding hydrogens is 264 g/mol. The van der Waals surface area contributed by atoms with Crippen molar-refractivity contribution in [2.24, 2.45) is 0 Å². The number of nitrogens with zero attached hydrogens (tertiary/aromatic N) is 2. The molecule has 1 aliphatic rings. The van der Waals surface area contributed by atoms with Crippen LogP contribution in [-0.2, 0) is 10.2 Å². The van der Waals surface area contributed by atoms with Crippen molar-refractivity contribution in [3.05, 3.63) is 0 Å². The third-order valence-electron chi connectivity index (χ3n) is 3.36. The van der Waals surface area contributed by atoms with E-state index in [1.54, 1.807) is 4.31 Å². The molecule has 1 atom stereocenters. The lowest BCUT2D eigenvalue weighted by atomic mass is 10.1. The van der Waals surface area contributed by atoms with Gasteiger partial charge in [-0.2, -0.15) is 12.7 Å². The first kappa shape index (κ1) is 16.8. The van der Waals surface area contributed by atoms with Crippen molar-refractivity contribution in [2.45, 2.75) is 32.2 Å². The summed E-state index contributed by atoms with van der Waals surface area (Å²) in [6, 6.07) is 0.0885. The topological polar surface area (TPSA) is 64.7 Å². The van der Waals surface area contributed by atoms with E-state index in [2.05, 4.69) is 10.0 Å². The van der Waals surface area contributed by atoms with E-state index in [1.807, 2.05) is 25.9 Å². The zero-order valence-corrected chi connectivity index (χ0v) is 13.2. The number of nitrogens with one attached hydrogen (secondary N) is 2. The molecule has 0 saturated carbocycles. The Morgan fingerprint density at radius 1 is 1.32 bits per heavy atom. The van der Waals surface area contributed by atoms with E-state index >= 15 is 0 Å². The lowest BCUT2D eigenvalue weighted by Crippen LogP contribution is -2.53. The number of likely N-dealkylation sites (N-methyl/N-ethyl adjacent to an activating group) is 2. The summed E-state index contributed by atoms with van der Waals surface area (Å²) < 4.78 is 28.9. The highest BCUT2D eigenvalue weighted by Gasteiger charge is 2.31. The molecule has 0 bridgehead atoms. The third-order valence-corrected chi connectivity index (χ3v) is 5.02. The van der Waals surface area contributed by atoms with Gasteiger partial charge in [0.1, 0.15) is 0 Å². The Morgan fingerprint density at radius 3 is 2.68 bits per heavy atom. The van der Waals surface area contributed by atoms with Crippen LogP contribution >= 0.6 is 0 Å². The summed E-state index contributed by atoms with van der Waals surface area (Å²) in [5, 5.41) is 3.25. The van der Waals surface area contributed by atoms with E-state index in [-0.39, 0.29) is 6.04 Å². The largest absolute Gasteiger partial charge is 0.315 e. The van der Waals surface area contributed by atoms with E-state index in [4.69, 9.17) is 0 Å². The molecule has 6 nitrogen and oxygen atoms in total. The van der Waals surface area contributed by atoms with E-state index < -0.39 is 10.2 Å². The predicted octanol–water partition coefficient (Wildman–Crippen LogP) is -0.154. The van der Waals surface area contributed by atoms with Crippen molar-refractivity contribution in [3.63, 3.8) is 0 Å². The van der Waals surface area contributed by atoms with E-state index in [0.29, 0.717) is 19.6 Å². The summed E-state index contributed by atoms with van der Waals surface area (Å²) in [6.45, 7) is 5.46. The van der Waals surface area contributed by atoms with Gasteiger partial charge in [-0.15, -0.1) is 0 Å². The van der Waals surface area contributed by atoms with Crippen LogP contribution in [0.4, 0.5) is 0 Å². The second kappa shape index (κ2) is 8.16. The summed E-state index contributed by atoms with van der Waals surface area (Å²) in [7, 11) is 0.525. The standard InChI is InChI=1S/C12H28N4O2S/c1-4-13-11-12-7-5-6-9-16(12)19(17,18)14-8-10-15(2)3/h12-14H,4-11H2,1-3H3. The highest BCUT2D eigenvalue weighted by Crippen LogP contribution is 2.19. The first-order valence-electron chi connectivity index (χ1n) is 7.09. The quantitative estimate of drug-likeness (QED) is 0.653. The van der Waals surface area contributed by atoms with Crippen LogP contribution in [0.2, 0.25) is 0 Å². The van der Waals surface area contributed by atoms with Crippen molar-refractivity contribution in [3.8, 4) is 0 Å². The maximum absolute atomic E-state index is 12.3. The number of rotatable bonds is 8. The van der Waals surface area contributed by atoms with E-state index in [0.717, 1.165) is 32.4 Å². The van der Waals surface area contributed by atoms with Gasteiger partial charge in [-0.25, -0.2) is 4.72 Å². The van der Waals surface area contributed by atoms with Gasteiger partial charge >= 0.3 is 0 Å². The Balaban J connectivity index is 2.56. The normalized spacial score (nSPS) is 22.0. The summed E-state index contributed by atoms with van der Waals surface area (Å²) >= 11 is 0. The molecule has 1 aliphatic heterocycles. The first-order valence-corrected chi connectivity index (χ1v) is 8.53. The Hall–Kier alpha value is -0.210. The molecule has 1 rings (SSSR count). The molecule has 1 fully saturated rings. The van der Waals surface area contributed by atoms with Gasteiger partial charge in [-0.1, -0.05) is 13.3 Å². The molecule has 0 radical (unpaired) electrons. The van der Waals surface area contributed by atoms with Gasteiger partial charge in [0.05, 0.1) is 0 Å². The molecule has 0 amide bonds. The van der Waals surface area contributed by atoms with Crippen molar-refractivity contribution in [1.29, 1.82) is 0 Å². The maximum Gasteiger partial charge on any atom is 0.279 e. The van der Waals surface area contributed by atoms with Crippen molar-refractivity contribution in [2.75, 3.05) is 46.8 Å². The minimum absolute atomic E-state index is 0.0885. The molecule has 19 heavy (non-hydrogen) atoms. The second-order valence-electron chi connectivity index (χ2n) is 5.27. The van der Waals surface area contributed by atoms with Crippen LogP contribution in [0.15, 0.2) is 0 Å². The summed E-state index contributed by atoms with van der Waals surface area (Å²) in [5.74, 6) is 0. The van der Waals surface area contributed by atoms with Crippen molar-refractivity contribution in [1.82, 2.24) is 19.2 Å². The van der Waals surface area contributed by atoms with Gasteiger partial charge in [0.25, 0.3) is 10.2 Å². The molecular formula is C12H28N4O2S. The average Bonchev–Trinajstić information content (AvgIpc) is 2.36. The van der Waals surface area contributed by atoms with Gasteiger partial charge in [0.15, 0.2) is 0 Å². The molecule has 2 N–H and O–H groups in total. The lowest BCUT2D eigenvalue weighted by molar-refractivity contribution is 0.243. The maximum atomic E-state index is 12.3. The average molecular weight is 292 g/mol. The Labute approximate surface area is 117 Å². The molecule has 0 aliphatic carbocycles. The van der Waals surface area contributed by atoms with Crippen LogP contribution in [0.1, 0.15) is 26.2 Å². The fourth-order valence-electron chi connectivity index (χ4n) is 2.29. The van der Waals surface area contributed by atoms with Crippen LogP contribution in [-0.4, -0.2) is 70.5 Å². The predicted molar refractivity (Wildman–Crippen MR) is 78.4 cm³/mol. The number of hydrogen-bond acceptors (Lipinski definition) is 4. The van der Waals surface area contributed by atoms with E-state index in [1.165, 1.54) is 0 Å². The van der Waals surface area contributed by atoms with Crippen LogP contribution in [0.5, 0.6) is 0 Å². The number of piperidine rings is 1. The zero-order chi connectivity index (χ0) is 14.3. The van der Waals surface area contributed by atoms with Crippen LogP contribution in [0, 0.1) is 0 Å². The Morgan fingerprint density at radius 2 is 2.05 bits per heavy atom. The molecule has 7 heteroatoms. The molecule has 0 spiro atoms. The van der Waals surface area contributed by atoms with E-state index in [9.17, 15) is 8.42 Å². The third kappa shape index (κ3) is 5.74. The van der Waals surface area contributed by atoms with Gasteiger partial charge < -0.3 is 10.2 Å². The minimum Gasteiger partial charge on any atom is -0.315 e. The minimum atomic E-state index is -3.34. The molecule has 1 heterocycles. The van der Waals surface area contributed by atoms with Gasteiger partial charge in [-0.05, 0) is 33.5 Å². The van der Waals surface area contributed by atoms with Crippen LogP contribution in [0.3, 0.4) is 0 Å². The van der Waals surface area contributed by atoms with Crippen molar-refractivity contribution < 1.29 is 8.42 Å². The monoisotopic (exact) mass is 292 g/mol. The lowest BCUT2D eigenvalue weighted by Gasteiger charge is -2.34. The van der Waals surface area contributed by atoms with Crippen LogP contribution in [0.25, 0.3) is 0 Å². The van der Waals surface area contributed by atoms with Gasteiger partial charge in [0, 0.05) is 32.2 Å². The Bertz CT molecular complexity index is 346. The van der Waals surface area contributed by atoms with Crippen molar-refractivity contribution >= 4 is 10.2 Å². The highest BCUT2D eigenvalue weighted by atomic mass is 32.2. The van der Waals surface area contributed by atoms with Crippen LogP contribution < -0.4 is 10.0 Å². The molecule has 114 valence electrons. The first-order chi connectivity index (χ1) is 8.97. The molecule has 1 unspecified atom stereocenters. The highest BCUT2D eigenvalue weighted by molar-refractivity contribution is 7.87. The summed E-state index contributed by atoms with van der Waals surface area (Å²) in [4.78, 5) is 1.97. The smallest absolute Gasteiger partial charge is 0.279 e.